The summed E-state index contributed by atoms with van der Waals surface area (Å²) in [6, 6.07) is -0.547. The van der Waals surface area contributed by atoms with Gasteiger partial charge < -0.3 is 15.0 Å². The summed E-state index contributed by atoms with van der Waals surface area (Å²) in [6.45, 7) is 4.37. The van der Waals surface area contributed by atoms with Crippen LogP contribution in [0.3, 0.4) is 0 Å². The summed E-state index contributed by atoms with van der Waals surface area (Å²) in [5.41, 5.74) is 0. The van der Waals surface area contributed by atoms with Gasteiger partial charge >= 0.3 is 0 Å². The standard InChI is InChI=1S/C13H22N2O4/c1-9(16)6-5-7-13(19)15(4)8-12(18)14-10(2)11(3)17/h10H,5-8H2,1-4H3,(H,14,18)/t10-/m0/s1. The molecule has 0 saturated carbocycles. The highest BCUT2D eigenvalue weighted by Crippen LogP contribution is 2.00. The van der Waals surface area contributed by atoms with E-state index in [4.69, 9.17) is 0 Å². The number of hydrogen-bond acceptors (Lipinski definition) is 4. The SMILES string of the molecule is CC(=O)CCCC(=O)N(C)CC(=O)N[C@@H](C)C(C)=O. The van der Waals surface area contributed by atoms with E-state index in [0.29, 0.717) is 12.8 Å². The molecule has 0 radical (unpaired) electrons. The topological polar surface area (TPSA) is 83.6 Å². The summed E-state index contributed by atoms with van der Waals surface area (Å²) in [7, 11) is 1.52. The van der Waals surface area contributed by atoms with Gasteiger partial charge in [-0.3, -0.25) is 14.4 Å². The number of rotatable bonds is 8. The van der Waals surface area contributed by atoms with Gasteiger partial charge in [-0.15, -0.1) is 0 Å². The van der Waals surface area contributed by atoms with Gasteiger partial charge in [0.1, 0.15) is 5.78 Å². The number of ketones is 2. The zero-order valence-electron chi connectivity index (χ0n) is 12.0. The fourth-order valence-corrected chi connectivity index (χ4v) is 1.37. The molecule has 0 aromatic carbocycles. The van der Waals surface area contributed by atoms with Gasteiger partial charge in [-0.1, -0.05) is 0 Å². The molecule has 0 heterocycles. The van der Waals surface area contributed by atoms with Crippen molar-refractivity contribution in [3.8, 4) is 0 Å². The fraction of sp³-hybridized carbons (Fsp3) is 0.692. The number of amides is 2. The zero-order valence-corrected chi connectivity index (χ0v) is 12.0. The van der Waals surface area contributed by atoms with Crippen LogP contribution in [0.4, 0.5) is 0 Å². The summed E-state index contributed by atoms with van der Waals surface area (Å²) in [6.07, 6.45) is 1.10. The first-order valence-corrected chi connectivity index (χ1v) is 6.27. The molecule has 0 spiro atoms. The highest BCUT2D eigenvalue weighted by molar-refractivity contribution is 5.89. The van der Waals surface area contributed by atoms with Crippen LogP contribution in [0.15, 0.2) is 0 Å². The third-order valence-corrected chi connectivity index (χ3v) is 2.71. The van der Waals surface area contributed by atoms with Crippen molar-refractivity contribution in [2.75, 3.05) is 13.6 Å². The van der Waals surface area contributed by atoms with Gasteiger partial charge in [0.2, 0.25) is 11.8 Å². The van der Waals surface area contributed by atoms with Crippen molar-refractivity contribution in [2.45, 2.75) is 46.1 Å². The number of carbonyl (C=O) groups is 4. The van der Waals surface area contributed by atoms with E-state index in [1.54, 1.807) is 6.92 Å². The second-order valence-corrected chi connectivity index (χ2v) is 4.71. The molecule has 1 N–H and O–H groups in total. The summed E-state index contributed by atoms with van der Waals surface area (Å²) >= 11 is 0. The van der Waals surface area contributed by atoms with Gasteiger partial charge in [-0.25, -0.2) is 0 Å². The quantitative estimate of drug-likeness (QED) is 0.687. The van der Waals surface area contributed by atoms with Gasteiger partial charge in [0.25, 0.3) is 0 Å². The molecule has 0 aliphatic rings. The van der Waals surface area contributed by atoms with E-state index in [1.807, 2.05) is 0 Å². The van der Waals surface area contributed by atoms with Gasteiger partial charge in [-0.2, -0.15) is 0 Å². The zero-order chi connectivity index (χ0) is 15.0. The van der Waals surface area contributed by atoms with Crippen molar-refractivity contribution in [2.24, 2.45) is 0 Å². The van der Waals surface area contributed by atoms with Crippen molar-refractivity contribution in [3.05, 3.63) is 0 Å². The van der Waals surface area contributed by atoms with Crippen LogP contribution in [0.1, 0.15) is 40.0 Å². The van der Waals surface area contributed by atoms with Crippen LogP contribution in [-0.4, -0.2) is 47.9 Å². The molecular weight excluding hydrogens is 248 g/mol. The lowest BCUT2D eigenvalue weighted by atomic mass is 10.2. The first kappa shape index (κ1) is 17.3. The maximum atomic E-state index is 11.6. The molecule has 0 fully saturated rings. The Bertz CT molecular complexity index is 366. The lowest BCUT2D eigenvalue weighted by molar-refractivity contribution is -0.135. The van der Waals surface area contributed by atoms with Crippen LogP contribution < -0.4 is 5.32 Å². The number of nitrogens with one attached hydrogen (secondary N) is 1. The van der Waals surface area contributed by atoms with E-state index in [1.165, 1.54) is 25.8 Å². The predicted octanol–water partition coefficient (Wildman–Crippen LogP) is 0.298. The second-order valence-electron chi connectivity index (χ2n) is 4.71. The van der Waals surface area contributed by atoms with Crippen LogP contribution in [-0.2, 0) is 19.2 Å². The van der Waals surface area contributed by atoms with Crippen LogP contribution >= 0.6 is 0 Å². The molecule has 0 saturated heterocycles. The molecular formula is C13H22N2O4. The molecule has 2 amide bonds. The summed E-state index contributed by atoms with van der Waals surface area (Å²) in [5.74, 6) is -0.649. The number of hydrogen-bond donors (Lipinski definition) is 1. The number of nitrogens with zero attached hydrogens (tertiary/aromatic N) is 1. The van der Waals surface area contributed by atoms with Crippen molar-refractivity contribution in [1.29, 1.82) is 0 Å². The minimum absolute atomic E-state index is 0.0449. The molecule has 0 aliphatic carbocycles. The highest BCUT2D eigenvalue weighted by atomic mass is 16.2. The van der Waals surface area contributed by atoms with Crippen LogP contribution in [0.25, 0.3) is 0 Å². The molecule has 0 rings (SSSR count). The van der Waals surface area contributed by atoms with E-state index < -0.39 is 6.04 Å². The number of carbonyl (C=O) groups excluding carboxylic acids is 4. The summed E-state index contributed by atoms with van der Waals surface area (Å²) < 4.78 is 0. The molecule has 6 heteroatoms. The van der Waals surface area contributed by atoms with E-state index in [-0.39, 0.29) is 36.3 Å². The number of likely N-dealkylation sites (N-methyl/N-ethyl adjacent to an activating group) is 1. The summed E-state index contributed by atoms with van der Waals surface area (Å²) in [5, 5.41) is 2.50. The Hall–Kier alpha value is -1.72. The van der Waals surface area contributed by atoms with Gasteiger partial charge in [0, 0.05) is 19.9 Å². The van der Waals surface area contributed by atoms with E-state index in [2.05, 4.69) is 5.32 Å². The Labute approximate surface area is 113 Å². The third-order valence-electron chi connectivity index (χ3n) is 2.71. The molecule has 1 atom stereocenters. The Morgan fingerprint density at radius 1 is 1.11 bits per heavy atom. The highest BCUT2D eigenvalue weighted by Gasteiger charge is 2.16. The molecule has 19 heavy (non-hydrogen) atoms. The molecule has 0 aromatic rings. The lowest BCUT2D eigenvalue weighted by Crippen LogP contribution is -2.44. The molecule has 0 unspecified atom stereocenters. The van der Waals surface area contributed by atoms with Gasteiger partial charge in [0.15, 0.2) is 5.78 Å². The minimum atomic E-state index is -0.547. The van der Waals surface area contributed by atoms with Crippen molar-refractivity contribution < 1.29 is 19.2 Å². The predicted molar refractivity (Wildman–Crippen MR) is 70.5 cm³/mol. The Morgan fingerprint density at radius 2 is 1.68 bits per heavy atom. The maximum absolute atomic E-state index is 11.6. The molecule has 108 valence electrons. The van der Waals surface area contributed by atoms with E-state index >= 15 is 0 Å². The third kappa shape index (κ3) is 8.07. The first-order valence-electron chi connectivity index (χ1n) is 6.27. The van der Waals surface area contributed by atoms with Crippen LogP contribution in [0, 0.1) is 0 Å². The Kier molecular flexibility index (Phi) is 7.63. The molecule has 6 nitrogen and oxygen atoms in total. The maximum Gasteiger partial charge on any atom is 0.240 e. The van der Waals surface area contributed by atoms with Gasteiger partial charge in [0.05, 0.1) is 12.6 Å². The van der Waals surface area contributed by atoms with Crippen LogP contribution in [0.5, 0.6) is 0 Å². The number of Topliss-reactive ketones (excluding diaryl/α,β-unsaturated/α-hetero) is 2. The minimum Gasteiger partial charge on any atom is -0.345 e. The molecule has 0 aromatic heterocycles. The Morgan fingerprint density at radius 3 is 2.16 bits per heavy atom. The van der Waals surface area contributed by atoms with E-state index in [9.17, 15) is 19.2 Å². The lowest BCUT2D eigenvalue weighted by Gasteiger charge is -2.18. The normalized spacial score (nSPS) is 11.6. The van der Waals surface area contributed by atoms with Crippen molar-refractivity contribution >= 4 is 23.4 Å². The fourth-order valence-electron chi connectivity index (χ4n) is 1.37. The molecule has 0 bridgehead atoms. The second kappa shape index (κ2) is 8.39. The Balaban J connectivity index is 4.04. The first-order chi connectivity index (χ1) is 8.73. The van der Waals surface area contributed by atoms with Crippen molar-refractivity contribution in [1.82, 2.24) is 10.2 Å². The van der Waals surface area contributed by atoms with Crippen LogP contribution in [0.2, 0.25) is 0 Å². The van der Waals surface area contributed by atoms with Crippen molar-refractivity contribution in [3.63, 3.8) is 0 Å². The smallest absolute Gasteiger partial charge is 0.240 e. The monoisotopic (exact) mass is 270 g/mol. The average Bonchev–Trinajstić information content (AvgIpc) is 2.27. The van der Waals surface area contributed by atoms with E-state index in [0.717, 1.165) is 0 Å². The van der Waals surface area contributed by atoms with Gasteiger partial charge in [-0.05, 0) is 27.2 Å². The average molecular weight is 270 g/mol. The largest absolute Gasteiger partial charge is 0.345 e. The summed E-state index contributed by atoms with van der Waals surface area (Å²) in [4.78, 5) is 46.2. The molecule has 0 aliphatic heterocycles.